The Balaban J connectivity index is 1.97. The number of aryl methyl sites for hydroxylation is 1. The molecule has 0 bridgehead atoms. The molecule has 1 aliphatic carbocycles. The number of esters is 1. The number of alkyl halides is 3. The first-order chi connectivity index (χ1) is 15.4. The molecule has 2 aliphatic rings. The quantitative estimate of drug-likeness (QED) is 0.631. The third-order valence-corrected chi connectivity index (χ3v) is 6.57. The number of anilines is 2. The average molecular weight is 461 g/mol. The van der Waals surface area contributed by atoms with Crippen molar-refractivity contribution >= 4 is 17.5 Å². The fourth-order valence-electron chi connectivity index (χ4n) is 4.92. The highest BCUT2D eigenvalue weighted by Crippen LogP contribution is 2.47. The van der Waals surface area contributed by atoms with Crippen LogP contribution >= 0.6 is 0 Å². The standard InChI is InChI=1S/C25H28F3N3O2/c1-5-33-23(32)18-13(2)30-22-20(19(18)14-7-6-8-15(11-14)25(26,27)28)21(29)16-12-24(3,4)10-9-17(16)31-22/h6-8,11,19H,5,9-10,12H2,1-4H3,(H3,29,30,31)/p+1. The zero-order valence-electron chi connectivity index (χ0n) is 19.2. The minimum Gasteiger partial charge on any atom is -0.462 e. The van der Waals surface area contributed by atoms with Crippen molar-refractivity contribution in [2.45, 2.75) is 59.1 Å². The summed E-state index contributed by atoms with van der Waals surface area (Å²) >= 11 is 0. The predicted octanol–water partition coefficient (Wildman–Crippen LogP) is 5.01. The summed E-state index contributed by atoms with van der Waals surface area (Å²) in [5.74, 6) is -0.763. The molecule has 4 rings (SSSR count). The van der Waals surface area contributed by atoms with E-state index < -0.39 is 23.6 Å². The molecule has 0 saturated heterocycles. The van der Waals surface area contributed by atoms with E-state index in [1.165, 1.54) is 6.07 Å². The van der Waals surface area contributed by atoms with Gasteiger partial charge in [0.1, 0.15) is 11.4 Å². The Labute approximate surface area is 191 Å². The Kier molecular flexibility index (Phi) is 5.66. The molecule has 4 N–H and O–H groups in total. The van der Waals surface area contributed by atoms with Crippen LogP contribution in [-0.2, 0) is 28.5 Å². The number of hydrogen-bond donors (Lipinski definition) is 2. The summed E-state index contributed by atoms with van der Waals surface area (Å²) in [6, 6.07) is 5.08. The number of nitrogen functional groups attached to an aromatic ring is 1. The summed E-state index contributed by atoms with van der Waals surface area (Å²) in [5.41, 5.74) is 10.2. The van der Waals surface area contributed by atoms with Crippen molar-refractivity contribution in [3.8, 4) is 0 Å². The first kappa shape index (κ1) is 23.1. The molecule has 176 valence electrons. The van der Waals surface area contributed by atoms with Crippen LogP contribution in [0.5, 0.6) is 0 Å². The van der Waals surface area contributed by atoms with Crippen LogP contribution in [0.3, 0.4) is 0 Å². The van der Waals surface area contributed by atoms with Gasteiger partial charge in [0.05, 0.1) is 34.9 Å². The number of nitrogens with two attached hydrogens (primary N) is 1. The van der Waals surface area contributed by atoms with Crippen LogP contribution in [0.1, 0.15) is 68.0 Å². The van der Waals surface area contributed by atoms with E-state index in [0.29, 0.717) is 28.3 Å². The van der Waals surface area contributed by atoms with Crippen molar-refractivity contribution in [2.75, 3.05) is 17.7 Å². The largest absolute Gasteiger partial charge is 0.462 e. The molecule has 0 spiro atoms. The lowest BCUT2D eigenvalue weighted by Gasteiger charge is -2.34. The molecule has 8 heteroatoms. The highest BCUT2D eigenvalue weighted by Gasteiger charge is 2.42. The van der Waals surface area contributed by atoms with Crippen LogP contribution in [0.15, 0.2) is 35.5 Å². The number of carbonyl (C=O) groups excluding carboxylic acids is 1. The van der Waals surface area contributed by atoms with Gasteiger partial charge in [0.2, 0.25) is 0 Å². The van der Waals surface area contributed by atoms with Gasteiger partial charge in [-0.1, -0.05) is 32.0 Å². The smallest absolute Gasteiger partial charge is 0.416 e. The van der Waals surface area contributed by atoms with Crippen LogP contribution in [0, 0.1) is 5.41 Å². The Morgan fingerprint density at radius 3 is 2.73 bits per heavy atom. The maximum absolute atomic E-state index is 13.5. The van der Waals surface area contributed by atoms with Crippen LogP contribution in [-0.4, -0.2) is 12.6 Å². The minimum absolute atomic E-state index is 0.0483. The molecule has 1 atom stereocenters. The molecule has 2 aromatic rings. The number of nitrogens with one attached hydrogen (secondary N) is 2. The van der Waals surface area contributed by atoms with Gasteiger partial charge < -0.3 is 10.5 Å². The third kappa shape index (κ3) is 4.18. The number of fused-ring (bicyclic) bond motifs is 2. The van der Waals surface area contributed by atoms with Gasteiger partial charge in [-0.15, -0.1) is 0 Å². The van der Waals surface area contributed by atoms with Crippen molar-refractivity contribution in [3.05, 3.63) is 63.5 Å². The molecule has 1 unspecified atom stereocenters. The van der Waals surface area contributed by atoms with Gasteiger partial charge in [0.25, 0.3) is 5.82 Å². The summed E-state index contributed by atoms with van der Waals surface area (Å²) in [7, 11) is 0. The van der Waals surface area contributed by atoms with Crippen molar-refractivity contribution < 1.29 is 27.7 Å². The Hall–Kier alpha value is -3.03. The first-order valence-corrected chi connectivity index (χ1v) is 11.1. The number of pyridine rings is 1. The molecule has 0 saturated carbocycles. The van der Waals surface area contributed by atoms with Crippen LogP contribution < -0.4 is 16.0 Å². The Bertz CT molecular complexity index is 1150. The number of aromatic nitrogens is 1. The second-order valence-electron chi connectivity index (χ2n) is 9.57. The number of halogens is 3. The molecule has 0 fully saturated rings. The maximum Gasteiger partial charge on any atom is 0.416 e. The second-order valence-corrected chi connectivity index (χ2v) is 9.57. The fraction of sp³-hybridized carbons (Fsp3) is 0.440. The van der Waals surface area contributed by atoms with Gasteiger partial charge in [-0.3, -0.25) is 0 Å². The van der Waals surface area contributed by atoms with Crippen molar-refractivity contribution in [2.24, 2.45) is 5.41 Å². The number of benzene rings is 1. The topological polar surface area (TPSA) is 78.5 Å². The number of H-pyrrole nitrogens is 1. The monoisotopic (exact) mass is 460 g/mol. The molecule has 33 heavy (non-hydrogen) atoms. The average Bonchev–Trinajstić information content (AvgIpc) is 2.73. The van der Waals surface area contributed by atoms with Gasteiger partial charge >= 0.3 is 12.1 Å². The van der Waals surface area contributed by atoms with Crippen molar-refractivity contribution in [1.29, 1.82) is 0 Å². The number of allylic oxidation sites excluding steroid dienone is 1. The van der Waals surface area contributed by atoms with Crippen molar-refractivity contribution in [3.63, 3.8) is 0 Å². The van der Waals surface area contributed by atoms with E-state index in [2.05, 4.69) is 24.1 Å². The van der Waals surface area contributed by atoms with Crippen LogP contribution in [0.25, 0.3) is 0 Å². The van der Waals surface area contributed by atoms with E-state index in [9.17, 15) is 18.0 Å². The van der Waals surface area contributed by atoms with Gasteiger partial charge in [-0.05, 0) is 43.7 Å². The number of rotatable bonds is 3. The molecule has 1 aromatic carbocycles. The van der Waals surface area contributed by atoms with E-state index in [1.54, 1.807) is 19.9 Å². The van der Waals surface area contributed by atoms with Crippen LogP contribution in [0.2, 0.25) is 0 Å². The second kappa shape index (κ2) is 8.08. The fourth-order valence-corrected chi connectivity index (χ4v) is 4.92. The highest BCUT2D eigenvalue weighted by atomic mass is 19.4. The zero-order chi connectivity index (χ0) is 24.1. The molecular weight excluding hydrogens is 431 g/mol. The Morgan fingerprint density at radius 1 is 1.33 bits per heavy atom. The van der Waals surface area contributed by atoms with Gasteiger partial charge in [0, 0.05) is 12.0 Å². The molecule has 0 radical (unpaired) electrons. The lowest BCUT2D eigenvalue weighted by atomic mass is 9.73. The van der Waals surface area contributed by atoms with Gasteiger partial charge in [-0.25, -0.2) is 15.1 Å². The van der Waals surface area contributed by atoms with Gasteiger partial charge in [-0.2, -0.15) is 13.2 Å². The minimum atomic E-state index is -4.51. The number of hydrogen-bond acceptors (Lipinski definition) is 4. The number of ether oxygens (including phenoxy) is 1. The summed E-state index contributed by atoms with van der Waals surface area (Å²) < 4.78 is 45.9. The molecule has 0 amide bonds. The molecule has 2 heterocycles. The molecule has 1 aliphatic heterocycles. The molecular formula is C25H29F3N3O2+. The molecule has 1 aromatic heterocycles. The Morgan fingerprint density at radius 2 is 2.06 bits per heavy atom. The normalized spacial score (nSPS) is 19.4. The lowest BCUT2D eigenvalue weighted by molar-refractivity contribution is -0.376. The molecule has 5 nitrogen and oxygen atoms in total. The number of aromatic amines is 1. The summed E-state index contributed by atoms with van der Waals surface area (Å²) in [4.78, 5) is 16.4. The SMILES string of the molecule is CCOC(=O)C1=C(C)Nc2[nH+]c3c(c(N)c2C1c1cccc(C(F)(F)F)c1)CC(C)(C)CC3. The maximum atomic E-state index is 13.5. The predicted molar refractivity (Wildman–Crippen MR) is 119 cm³/mol. The summed E-state index contributed by atoms with van der Waals surface area (Å²) in [6.07, 6.45) is -1.95. The lowest BCUT2D eigenvalue weighted by Crippen LogP contribution is -2.35. The number of carbonyl (C=O) groups is 1. The van der Waals surface area contributed by atoms with E-state index in [-0.39, 0.29) is 17.6 Å². The van der Waals surface area contributed by atoms with E-state index in [0.717, 1.165) is 42.7 Å². The summed E-state index contributed by atoms with van der Waals surface area (Å²) in [5, 5.41) is 3.23. The highest BCUT2D eigenvalue weighted by molar-refractivity contribution is 5.95. The van der Waals surface area contributed by atoms with Crippen LogP contribution in [0.4, 0.5) is 24.7 Å². The van der Waals surface area contributed by atoms with E-state index >= 15 is 0 Å². The van der Waals surface area contributed by atoms with Crippen molar-refractivity contribution in [1.82, 2.24) is 0 Å². The third-order valence-electron chi connectivity index (χ3n) is 6.57. The van der Waals surface area contributed by atoms with E-state index in [4.69, 9.17) is 10.5 Å². The van der Waals surface area contributed by atoms with E-state index in [1.807, 2.05) is 0 Å². The van der Waals surface area contributed by atoms with Gasteiger partial charge in [0.15, 0.2) is 0 Å². The summed E-state index contributed by atoms with van der Waals surface area (Å²) in [6.45, 7) is 7.91. The first-order valence-electron chi connectivity index (χ1n) is 11.1. The zero-order valence-corrected chi connectivity index (χ0v) is 19.2.